The van der Waals surface area contributed by atoms with Crippen molar-refractivity contribution in [3.63, 3.8) is 0 Å². The predicted molar refractivity (Wildman–Crippen MR) is 111 cm³/mol. The molecule has 0 radical (unpaired) electrons. The molecular weight excluding hydrogens is 390 g/mol. The van der Waals surface area contributed by atoms with Crippen LogP contribution in [0.2, 0.25) is 0 Å². The summed E-state index contributed by atoms with van der Waals surface area (Å²) in [5.74, 6) is 2.57. The summed E-state index contributed by atoms with van der Waals surface area (Å²) in [6.45, 7) is 8.17. The molecule has 2 amide bonds. The number of hydrogen-bond acceptors (Lipinski definition) is 5. The van der Waals surface area contributed by atoms with E-state index in [1.54, 1.807) is 0 Å². The fraction of sp³-hybridized carbons (Fsp3) is 0.619. The van der Waals surface area contributed by atoms with Crippen molar-refractivity contribution in [2.75, 3.05) is 25.6 Å². The first-order valence-corrected chi connectivity index (χ1v) is 11.2. The molecule has 4 rings (SSSR count). The lowest BCUT2D eigenvalue weighted by Crippen LogP contribution is -2.99. The predicted octanol–water partition coefficient (Wildman–Crippen LogP) is 1.08. The van der Waals surface area contributed by atoms with Gasteiger partial charge in [-0.25, -0.2) is 0 Å². The van der Waals surface area contributed by atoms with Crippen LogP contribution >= 0.6 is 11.8 Å². The van der Waals surface area contributed by atoms with E-state index in [0.717, 1.165) is 48.7 Å². The molecule has 1 aromatic rings. The minimum Gasteiger partial charge on any atom is -0.454 e. The molecule has 7 nitrogen and oxygen atoms in total. The van der Waals surface area contributed by atoms with E-state index >= 15 is 0 Å². The number of ether oxygens (including phenoxy) is 2. The van der Waals surface area contributed by atoms with Crippen LogP contribution in [0.3, 0.4) is 0 Å². The number of nitrogens with one attached hydrogen (secondary N) is 1. The van der Waals surface area contributed by atoms with Crippen LogP contribution in [0.1, 0.15) is 39.2 Å². The summed E-state index contributed by atoms with van der Waals surface area (Å²) in [6, 6.07) is 5.66. The number of carbonyl (C=O) groups is 2. The third-order valence-corrected chi connectivity index (χ3v) is 7.48. The van der Waals surface area contributed by atoms with Crippen molar-refractivity contribution in [3.05, 3.63) is 23.8 Å². The zero-order valence-corrected chi connectivity index (χ0v) is 18.1. The highest BCUT2D eigenvalue weighted by Crippen LogP contribution is 2.35. The second-order valence-corrected chi connectivity index (χ2v) is 10.5. The Hall–Kier alpha value is -1.93. The number of fused-ring (bicyclic) bond motifs is 1. The van der Waals surface area contributed by atoms with Gasteiger partial charge >= 0.3 is 0 Å². The van der Waals surface area contributed by atoms with Crippen molar-refractivity contribution < 1.29 is 24.4 Å². The second kappa shape index (κ2) is 7.72. The molecule has 1 aromatic carbocycles. The first-order valence-electron chi connectivity index (χ1n) is 10.2. The molecule has 1 atom stereocenters. The Morgan fingerprint density at radius 2 is 1.97 bits per heavy atom. The number of hydrogen-bond donors (Lipinski definition) is 2. The first-order chi connectivity index (χ1) is 13.8. The van der Waals surface area contributed by atoms with Crippen LogP contribution < -0.4 is 20.1 Å². The SMILES string of the molecule is CC(C)(C)C(=O)N1CCC2(CC1)[NH2+][C@@H](C(=O)NCc1ccc3c(c1)OCO3)CS2. The van der Waals surface area contributed by atoms with Gasteiger partial charge in [0.05, 0.1) is 5.75 Å². The monoisotopic (exact) mass is 420 g/mol. The summed E-state index contributed by atoms with van der Waals surface area (Å²) >= 11 is 1.87. The van der Waals surface area contributed by atoms with E-state index in [2.05, 4.69) is 10.6 Å². The third-order valence-electron chi connectivity index (χ3n) is 5.83. The Morgan fingerprint density at radius 1 is 1.24 bits per heavy atom. The van der Waals surface area contributed by atoms with Crippen molar-refractivity contribution in [2.45, 2.75) is 51.1 Å². The smallest absolute Gasteiger partial charge is 0.279 e. The number of likely N-dealkylation sites (tertiary alicyclic amines) is 1. The van der Waals surface area contributed by atoms with Crippen LogP contribution in [0.4, 0.5) is 0 Å². The van der Waals surface area contributed by atoms with Gasteiger partial charge in [-0.3, -0.25) is 9.59 Å². The maximum absolute atomic E-state index is 12.7. The summed E-state index contributed by atoms with van der Waals surface area (Å²) in [6.07, 6.45) is 1.84. The lowest BCUT2D eigenvalue weighted by molar-refractivity contribution is -0.714. The number of quaternary nitrogens is 1. The van der Waals surface area contributed by atoms with Crippen LogP contribution in [0, 0.1) is 5.41 Å². The highest BCUT2D eigenvalue weighted by molar-refractivity contribution is 8.00. The maximum atomic E-state index is 12.7. The number of amides is 2. The molecule has 0 saturated carbocycles. The van der Waals surface area contributed by atoms with Crippen molar-refractivity contribution in [1.29, 1.82) is 0 Å². The number of nitrogens with zero attached hydrogens (tertiary/aromatic N) is 1. The second-order valence-electron chi connectivity index (χ2n) is 9.10. The summed E-state index contributed by atoms with van der Waals surface area (Å²) in [5, 5.41) is 5.28. The zero-order valence-electron chi connectivity index (χ0n) is 17.3. The van der Waals surface area contributed by atoms with Crippen molar-refractivity contribution >= 4 is 23.6 Å². The van der Waals surface area contributed by atoms with E-state index in [4.69, 9.17) is 9.47 Å². The minimum atomic E-state index is -0.339. The topological polar surface area (TPSA) is 84.5 Å². The van der Waals surface area contributed by atoms with Crippen molar-refractivity contribution in [1.82, 2.24) is 10.2 Å². The molecule has 0 bridgehead atoms. The number of nitrogens with two attached hydrogens (primary N) is 1. The fourth-order valence-electron chi connectivity index (χ4n) is 4.11. The van der Waals surface area contributed by atoms with Crippen LogP contribution in [0.5, 0.6) is 11.5 Å². The first kappa shape index (κ1) is 20.3. The molecule has 1 spiro atoms. The molecule has 0 aliphatic carbocycles. The Labute approximate surface area is 175 Å². The minimum absolute atomic E-state index is 0.0232. The molecule has 0 unspecified atom stereocenters. The van der Waals surface area contributed by atoms with Gasteiger partial charge in [-0.05, 0) is 17.7 Å². The number of piperidine rings is 1. The lowest BCUT2D eigenvalue weighted by atomic mass is 9.92. The van der Waals surface area contributed by atoms with Gasteiger partial charge < -0.3 is 25.0 Å². The van der Waals surface area contributed by atoms with Gasteiger partial charge in [-0.15, -0.1) is 0 Å². The molecule has 29 heavy (non-hydrogen) atoms. The summed E-state index contributed by atoms with van der Waals surface area (Å²) in [4.78, 5) is 27.2. The van der Waals surface area contributed by atoms with Crippen molar-refractivity contribution in [3.8, 4) is 11.5 Å². The van der Waals surface area contributed by atoms with Gasteiger partial charge in [0, 0.05) is 37.9 Å². The Kier molecular flexibility index (Phi) is 5.42. The fourth-order valence-corrected chi connectivity index (χ4v) is 5.61. The highest BCUT2D eigenvalue weighted by Gasteiger charge is 2.49. The highest BCUT2D eigenvalue weighted by atomic mass is 32.2. The van der Waals surface area contributed by atoms with E-state index in [-0.39, 0.29) is 34.9 Å². The molecule has 8 heteroatoms. The van der Waals surface area contributed by atoms with E-state index in [9.17, 15) is 9.59 Å². The number of thioether (sulfide) groups is 1. The molecule has 2 saturated heterocycles. The normalized spacial score (nSPS) is 22.7. The quantitative estimate of drug-likeness (QED) is 0.764. The largest absolute Gasteiger partial charge is 0.454 e. The van der Waals surface area contributed by atoms with Crippen LogP contribution in [-0.4, -0.2) is 53.3 Å². The van der Waals surface area contributed by atoms with E-state index in [0.29, 0.717) is 6.54 Å². The maximum Gasteiger partial charge on any atom is 0.279 e. The average molecular weight is 421 g/mol. The molecule has 3 aliphatic heterocycles. The van der Waals surface area contributed by atoms with E-state index in [1.807, 2.05) is 55.6 Å². The molecule has 158 valence electrons. The summed E-state index contributed by atoms with van der Waals surface area (Å²) < 4.78 is 10.7. The Bertz CT molecular complexity index is 800. The van der Waals surface area contributed by atoms with Gasteiger partial charge in [-0.2, -0.15) is 0 Å². The van der Waals surface area contributed by atoms with E-state index < -0.39 is 0 Å². The van der Waals surface area contributed by atoms with E-state index in [1.165, 1.54) is 0 Å². The van der Waals surface area contributed by atoms with Crippen LogP contribution in [-0.2, 0) is 16.1 Å². The molecular formula is C21H30N3O4S+. The standard InChI is InChI=1S/C21H29N3O4S/c1-20(2,3)19(26)24-8-6-21(7-9-24)23-15(12-29-21)18(25)22-11-14-4-5-16-17(10-14)28-13-27-16/h4-5,10,15,23H,6-9,11-13H2,1-3H3,(H,22,25)/p+1/t15-/m1/s1. The molecule has 3 heterocycles. The van der Waals surface area contributed by atoms with Crippen molar-refractivity contribution in [2.24, 2.45) is 5.41 Å². The zero-order chi connectivity index (χ0) is 20.6. The Balaban J connectivity index is 1.27. The molecule has 3 aliphatic rings. The molecule has 2 fully saturated rings. The number of rotatable bonds is 3. The number of benzene rings is 1. The number of carbonyl (C=O) groups excluding carboxylic acids is 2. The molecule has 3 N–H and O–H groups in total. The lowest BCUT2D eigenvalue weighted by Gasteiger charge is -2.39. The van der Waals surface area contributed by atoms with Gasteiger partial charge in [-0.1, -0.05) is 38.6 Å². The average Bonchev–Trinajstić information content (AvgIpc) is 3.32. The summed E-state index contributed by atoms with van der Waals surface area (Å²) in [7, 11) is 0. The third kappa shape index (κ3) is 4.33. The summed E-state index contributed by atoms with van der Waals surface area (Å²) in [5.41, 5.74) is 0.658. The van der Waals surface area contributed by atoms with Gasteiger partial charge in [0.25, 0.3) is 5.91 Å². The van der Waals surface area contributed by atoms with Crippen LogP contribution in [0.15, 0.2) is 18.2 Å². The van der Waals surface area contributed by atoms with Gasteiger partial charge in [0.2, 0.25) is 12.7 Å². The van der Waals surface area contributed by atoms with Gasteiger partial charge in [0.15, 0.2) is 17.5 Å². The Morgan fingerprint density at radius 3 is 2.69 bits per heavy atom. The van der Waals surface area contributed by atoms with Gasteiger partial charge in [0.1, 0.15) is 4.87 Å². The van der Waals surface area contributed by atoms with Crippen LogP contribution in [0.25, 0.3) is 0 Å². The molecule has 0 aromatic heterocycles.